The van der Waals surface area contributed by atoms with Crippen LogP contribution in [-0.2, 0) is 16.6 Å². The lowest BCUT2D eigenvalue weighted by atomic mass is 10.2. The molecule has 0 aromatic heterocycles. The van der Waals surface area contributed by atoms with Crippen molar-refractivity contribution in [3.8, 4) is 0 Å². The molecule has 1 aliphatic heterocycles. The van der Waals surface area contributed by atoms with Crippen molar-refractivity contribution in [1.82, 2.24) is 9.21 Å². The molecule has 6 heteroatoms. The molecule has 0 aliphatic carbocycles. The van der Waals surface area contributed by atoms with Crippen molar-refractivity contribution in [2.24, 2.45) is 5.73 Å². The fourth-order valence-electron chi connectivity index (χ4n) is 2.58. The van der Waals surface area contributed by atoms with Crippen LogP contribution in [0.15, 0.2) is 29.2 Å². The Balaban J connectivity index is 2.11. The zero-order valence-electron chi connectivity index (χ0n) is 12.1. The molecule has 1 fully saturated rings. The second-order valence-electron chi connectivity index (χ2n) is 5.41. The fourth-order valence-corrected chi connectivity index (χ4v) is 3.79. The minimum atomic E-state index is -3.41. The average molecular weight is 297 g/mol. The Hall–Kier alpha value is -0.950. The first-order valence-electron chi connectivity index (χ1n) is 6.90. The summed E-state index contributed by atoms with van der Waals surface area (Å²) in [4.78, 5) is 2.56. The lowest BCUT2D eigenvalue weighted by Gasteiger charge is -2.25. The molecule has 1 unspecified atom stereocenters. The minimum absolute atomic E-state index is 0.318. The van der Waals surface area contributed by atoms with Gasteiger partial charge in [0.15, 0.2) is 0 Å². The summed E-state index contributed by atoms with van der Waals surface area (Å²) >= 11 is 0. The van der Waals surface area contributed by atoms with Crippen molar-refractivity contribution >= 4 is 10.0 Å². The summed E-state index contributed by atoms with van der Waals surface area (Å²) in [6.07, 6.45) is 2.20. The molecule has 112 valence electrons. The lowest BCUT2D eigenvalue weighted by molar-refractivity contribution is 0.271. The SMILES string of the molecule is CN1CCCC1CN(C)S(=O)(=O)c1ccc(CN)cc1. The van der Waals surface area contributed by atoms with Gasteiger partial charge in [0.25, 0.3) is 0 Å². The molecule has 1 aromatic rings. The molecule has 0 saturated carbocycles. The summed E-state index contributed by atoms with van der Waals surface area (Å²) in [5.41, 5.74) is 6.46. The molecule has 1 atom stereocenters. The van der Waals surface area contributed by atoms with E-state index in [1.54, 1.807) is 31.3 Å². The van der Waals surface area contributed by atoms with Crippen LogP contribution in [0, 0.1) is 0 Å². The molecule has 1 heterocycles. The average Bonchev–Trinajstić information content (AvgIpc) is 2.84. The second-order valence-corrected chi connectivity index (χ2v) is 7.46. The van der Waals surface area contributed by atoms with Crippen molar-refractivity contribution in [2.45, 2.75) is 30.3 Å². The van der Waals surface area contributed by atoms with Crippen LogP contribution in [0.4, 0.5) is 0 Å². The summed E-state index contributed by atoms with van der Waals surface area (Å²) < 4.78 is 26.5. The molecule has 5 nitrogen and oxygen atoms in total. The monoisotopic (exact) mass is 297 g/mol. The van der Waals surface area contributed by atoms with Crippen LogP contribution in [0.5, 0.6) is 0 Å². The maximum absolute atomic E-state index is 12.5. The topological polar surface area (TPSA) is 66.6 Å². The van der Waals surface area contributed by atoms with Gasteiger partial charge < -0.3 is 10.6 Å². The van der Waals surface area contributed by atoms with Crippen molar-refractivity contribution in [1.29, 1.82) is 0 Å². The molecule has 20 heavy (non-hydrogen) atoms. The van der Waals surface area contributed by atoms with E-state index in [0.29, 0.717) is 24.0 Å². The standard InChI is InChI=1S/C14H23N3O2S/c1-16-9-3-4-13(16)11-17(2)20(18,19)14-7-5-12(10-15)6-8-14/h5-8,13H,3-4,9-11,15H2,1-2H3. The van der Waals surface area contributed by atoms with Gasteiger partial charge in [0.05, 0.1) is 4.90 Å². The van der Waals surface area contributed by atoms with Gasteiger partial charge in [-0.1, -0.05) is 12.1 Å². The Morgan fingerprint density at radius 3 is 2.50 bits per heavy atom. The van der Waals surface area contributed by atoms with Gasteiger partial charge in [0.1, 0.15) is 0 Å². The third-order valence-corrected chi connectivity index (χ3v) is 5.84. The first-order valence-corrected chi connectivity index (χ1v) is 8.34. The largest absolute Gasteiger partial charge is 0.326 e. The fraction of sp³-hybridized carbons (Fsp3) is 0.571. The van der Waals surface area contributed by atoms with Gasteiger partial charge in [-0.3, -0.25) is 0 Å². The highest BCUT2D eigenvalue weighted by Crippen LogP contribution is 2.20. The van der Waals surface area contributed by atoms with Crippen molar-refractivity contribution in [3.63, 3.8) is 0 Å². The number of rotatable bonds is 5. The van der Waals surface area contributed by atoms with E-state index in [9.17, 15) is 8.42 Å². The number of likely N-dealkylation sites (tertiary alicyclic amines) is 1. The van der Waals surface area contributed by atoms with Crippen LogP contribution in [0.1, 0.15) is 18.4 Å². The third kappa shape index (κ3) is 3.20. The molecule has 1 aliphatic rings. The lowest BCUT2D eigenvalue weighted by Crippen LogP contribution is -2.39. The Labute approximate surface area is 121 Å². The zero-order valence-corrected chi connectivity index (χ0v) is 12.9. The predicted molar refractivity (Wildman–Crippen MR) is 79.8 cm³/mol. The summed E-state index contributed by atoms with van der Waals surface area (Å²) in [6.45, 7) is 2.00. The normalized spacial score (nSPS) is 20.7. The van der Waals surface area contributed by atoms with E-state index in [2.05, 4.69) is 4.90 Å². The quantitative estimate of drug-likeness (QED) is 0.875. The van der Waals surface area contributed by atoms with Gasteiger partial charge in [-0.15, -0.1) is 0 Å². The van der Waals surface area contributed by atoms with E-state index in [1.807, 2.05) is 7.05 Å². The van der Waals surface area contributed by atoms with Crippen molar-refractivity contribution in [3.05, 3.63) is 29.8 Å². The van der Waals surface area contributed by atoms with E-state index in [-0.39, 0.29) is 0 Å². The molecular formula is C14H23N3O2S. The van der Waals surface area contributed by atoms with Crippen molar-refractivity contribution in [2.75, 3.05) is 27.2 Å². The van der Waals surface area contributed by atoms with Crippen LogP contribution < -0.4 is 5.73 Å². The molecular weight excluding hydrogens is 274 g/mol. The minimum Gasteiger partial charge on any atom is -0.326 e. The second kappa shape index (κ2) is 6.22. The predicted octanol–water partition coefficient (Wildman–Crippen LogP) is 0.860. The maximum atomic E-state index is 12.5. The summed E-state index contributed by atoms with van der Waals surface area (Å²) in [6, 6.07) is 7.11. The van der Waals surface area contributed by atoms with Gasteiger partial charge in [-0.05, 0) is 44.1 Å². The van der Waals surface area contributed by atoms with E-state index in [0.717, 1.165) is 24.9 Å². The highest BCUT2D eigenvalue weighted by atomic mass is 32.2. The first-order chi connectivity index (χ1) is 9.45. The summed E-state index contributed by atoms with van der Waals surface area (Å²) in [7, 11) is 0.292. The Morgan fingerprint density at radius 2 is 2.00 bits per heavy atom. The highest BCUT2D eigenvalue weighted by Gasteiger charge is 2.27. The molecule has 0 amide bonds. The Morgan fingerprint density at radius 1 is 1.35 bits per heavy atom. The van der Waals surface area contributed by atoms with Crippen LogP contribution >= 0.6 is 0 Å². The van der Waals surface area contributed by atoms with Crippen LogP contribution in [-0.4, -0.2) is 50.8 Å². The number of hydrogen-bond donors (Lipinski definition) is 1. The Kier molecular flexibility index (Phi) is 4.80. The van der Waals surface area contributed by atoms with Gasteiger partial charge in [0.2, 0.25) is 10.0 Å². The van der Waals surface area contributed by atoms with Gasteiger partial charge >= 0.3 is 0 Å². The number of hydrogen-bond acceptors (Lipinski definition) is 4. The van der Waals surface area contributed by atoms with Crippen molar-refractivity contribution < 1.29 is 8.42 Å². The third-order valence-electron chi connectivity index (χ3n) is 4.01. The molecule has 0 radical (unpaired) electrons. The number of benzene rings is 1. The molecule has 0 bridgehead atoms. The van der Waals surface area contributed by atoms with E-state index in [1.165, 1.54) is 4.31 Å². The van der Waals surface area contributed by atoms with Crippen LogP contribution in [0.2, 0.25) is 0 Å². The number of sulfonamides is 1. The summed E-state index contributed by atoms with van der Waals surface area (Å²) in [5.74, 6) is 0. The van der Waals surface area contributed by atoms with Gasteiger partial charge in [0, 0.05) is 26.2 Å². The van der Waals surface area contributed by atoms with Crippen LogP contribution in [0.25, 0.3) is 0 Å². The number of nitrogens with two attached hydrogens (primary N) is 1. The zero-order chi connectivity index (χ0) is 14.8. The maximum Gasteiger partial charge on any atom is 0.242 e. The van der Waals surface area contributed by atoms with E-state index < -0.39 is 10.0 Å². The molecule has 1 aromatic carbocycles. The van der Waals surface area contributed by atoms with Gasteiger partial charge in [-0.25, -0.2) is 8.42 Å². The summed E-state index contributed by atoms with van der Waals surface area (Å²) in [5, 5.41) is 0. The highest BCUT2D eigenvalue weighted by molar-refractivity contribution is 7.89. The molecule has 2 N–H and O–H groups in total. The first kappa shape index (κ1) is 15.4. The molecule has 2 rings (SSSR count). The molecule has 1 saturated heterocycles. The number of likely N-dealkylation sites (N-methyl/N-ethyl adjacent to an activating group) is 2. The van der Waals surface area contributed by atoms with E-state index in [4.69, 9.17) is 5.73 Å². The number of nitrogens with zero attached hydrogens (tertiary/aromatic N) is 2. The van der Waals surface area contributed by atoms with Crippen LogP contribution in [0.3, 0.4) is 0 Å². The Bertz CT molecular complexity index is 542. The molecule has 0 spiro atoms. The van der Waals surface area contributed by atoms with E-state index >= 15 is 0 Å². The van der Waals surface area contributed by atoms with Gasteiger partial charge in [-0.2, -0.15) is 4.31 Å². The smallest absolute Gasteiger partial charge is 0.242 e.